The molecule has 1 aliphatic heterocycles. The molecule has 4 heteroatoms. The van der Waals surface area contributed by atoms with Gasteiger partial charge in [0, 0.05) is 32.7 Å². The van der Waals surface area contributed by atoms with Crippen molar-refractivity contribution in [1.82, 2.24) is 10.2 Å². The van der Waals surface area contributed by atoms with Gasteiger partial charge >= 0.3 is 0 Å². The van der Waals surface area contributed by atoms with E-state index in [1.165, 1.54) is 0 Å². The quantitative estimate of drug-likeness (QED) is 0.624. The first-order valence-corrected chi connectivity index (χ1v) is 6.43. The summed E-state index contributed by atoms with van der Waals surface area (Å²) < 4.78 is 5.29. The lowest BCUT2D eigenvalue weighted by atomic mass is 9.98. The minimum Gasteiger partial charge on any atom is -0.389 e. The minimum absolute atomic E-state index is 0.523. The van der Waals surface area contributed by atoms with E-state index in [1.807, 2.05) is 13.8 Å². The standard InChI is InChI=1S/C12H26N2O2/c1-3-12(15,4-2)11-13-5-6-14-7-9-16-10-8-14/h13,15H,3-11H2,1-2H3. The summed E-state index contributed by atoms with van der Waals surface area (Å²) in [5, 5.41) is 13.4. The molecule has 0 bridgehead atoms. The molecule has 1 rings (SSSR count). The first kappa shape index (κ1) is 13.9. The summed E-state index contributed by atoms with van der Waals surface area (Å²) in [5.74, 6) is 0. The molecule has 0 aliphatic carbocycles. The third-order valence-corrected chi connectivity index (χ3v) is 3.48. The van der Waals surface area contributed by atoms with Gasteiger partial charge in [0.2, 0.25) is 0 Å². The molecule has 4 nitrogen and oxygen atoms in total. The van der Waals surface area contributed by atoms with Crippen molar-refractivity contribution >= 4 is 0 Å². The summed E-state index contributed by atoms with van der Waals surface area (Å²) in [6.45, 7) is 10.5. The fourth-order valence-corrected chi connectivity index (χ4v) is 1.88. The fraction of sp³-hybridized carbons (Fsp3) is 1.00. The van der Waals surface area contributed by atoms with Crippen molar-refractivity contribution in [3.05, 3.63) is 0 Å². The van der Waals surface area contributed by atoms with Crippen molar-refractivity contribution in [2.75, 3.05) is 45.9 Å². The van der Waals surface area contributed by atoms with Crippen LogP contribution in [0.4, 0.5) is 0 Å². The highest BCUT2D eigenvalue weighted by atomic mass is 16.5. The number of hydrogen-bond donors (Lipinski definition) is 2. The SMILES string of the molecule is CCC(O)(CC)CNCCN1CCOCC1. The maximum absolute atomic E-state index is 10.1. The summed E-state index contributed by atoms with van der Waals surface area (Å²) >= 11 is 0. The molecule has 0 radical (unpaired) electrons. The molecular weight excluding hydrogens is 204 g/mol. The van der Waals surface area contributed by atoms with Crippen molar-refractivity contribution in [1.29, 1.82) is 0 Å². The molecular formula is C12H26N2O2. The Hall–Kier alpha value is -0.160. The number of aliphatic hydroxyl groups is 1. The summed E-state index contributed by atoms with van der Waals surface area (Å²) in [4.78, 5) is 2.40. The fourth-order valence-electron chi connectivity index (χ4n) is 1.88. The van der Waals surface area contributed by atoms with Gasteiger partial charge in [-0.1, -0.05) is 13.8 Å². The highest BCUT2D eigenvalue weighted by molar-refractivity contribution is 4.77. The van der Waals surface area contributed by atoms with E-state index in [4.69, 9.17) is 4.74 Å². The van der Waals surface area contributed by atoms with Gasteiger partial charge in [-0.3, -0.25) is 4.90 Å². The van der Waals surface area contributed by atoms with Gasteiger partial charge in [-0.15, -0.1) is 0 Å². The average molecular weight is 230 g/mol. The smallest absolute Gasteiger partial charge is 0.0766 e. The molecule has 2 N–H and O–H groups in total. The maximum Gasteiger partial charge on any atom is 0.0766 e. The van der Waals surface area contributed by atoms with E-state index in [2.05, 4.69) is 10.2 Å². The molecule has 0 spiro atoms. The summed E-state index contributed by atoms with van der Waals surface area (Å²) in [6, 6.07) is 0. The molecule has 0 atom stereocenters. The Morgan fingerprint density at radius 3 is 2.44 bits per heavy atom. The zero-order valence-electron chi connectivity index (χ0n) is 10.7. The molecule has 0 unspecified atom stereocenters. The van der Waals surface area contributed by atoms with E-state index in [0.29, 0.717) is 6.54 Å². The zero-order valence-corrected chi connectivity index (χ0v) is 10.7. The maximum atomic E-state index is 10.1. The van der Waals surface area contributed by atoms with E-state index in [9.17, 15) is 5.11 Å². The van der Waals surface area contributed by atoms with Gasteiger partial charge in [0.1, 0.15) is 0 Å². The van der Waals surface area contributed by atoms with E-state index in [0.717, 1.165) is 52.2 Å². The Bertz CT molecular complexity index is 178. The highest BCUT2D eigenvalue weighted by Gasteiger charge is 2.21. The molecule has 0 aromatic rings. The van der Waals surface area contributed by atoms with Gasteiger partial charge in [-0.25, -0.2) is 0 Å². The first-order chi connectivity index (χ1) is 7.70. The summed E-state index contributed by atoms with van der Waals surface area (Å²) in [5.41, 5.74) is -0.523. The lowest BCUT2D eigenvalue weighted by Crippen LogP contribution is -2.44. The molecule has 0 amide bonds. The Morgan fingerprint density at radius 2 is 1.88 bits per heavy atom. The topological polar surface area (TPSA) is 44.7 Å². The molecule has 0 aromatic carbocycles. The third kappa shape index (κ3) is 4.78. The van der Waals surface area contributed by atoms with Crippen molar-refractivity contribution < 1.29 is 9.84 Å². The normalized spacial score (nSPS) is 18.9. The third-order valence-electron chi connectivity index (χ3n) is 3.48. The monoisotopic (exact) mass is 230 g/mol. The molecule has 1 fully saturated rings. The highest BCUT2D eigenvalue weighted by Crippen LogP contribution is 2.12. The number of ether oxygens (including phenoxy) is 1. The van der Waals surface area contributed by atoms with Crippen molar-refractivity contribution in [3.63, 3.8) is 0 Å². The van der Waals surface area contributed by atoms with Gasteiger partial charge in [0.25, 0.3) is 0 Å². The zero-order chi connectivity index (χ0) is 11.9. The Labute approximate surface area is 99.0 Å². The van der Waals surface area contributed by atoms with Crippen LogP contribution in [0, 0.1) is 0 Å². The van der Waals surface area contributed by atoms with E-state index in [-0.39, 0.29) is 0 Å². The predicted octanol–water partition coefficient (Wildman–Crippen LogP) is 0.459. The van der Waals surface area contributed by atoms with Crippen LogP contribution in [0.15, 0.2) is 0 Å². The minimum atomic E-state index is -0.523. The Morgan fingerprint density at radius 1 is 1.25 bits per heavy atom. The molecule has 16 heavy (non-hydrogen) atoms. The van der Waals surface area contributed by atoms with Crippen LogP contribution in [0.3, 0.4) is 0 Å². The molecule has 96 valence electrons. The Kier molecular flexibility index (Phi) is 6.28. The molecule has 1 aliphatic rings. The number of morpholine rings is 1. The molecule has 0 aromatic heterocycles. The summed E-state index contributed by atoms with van der Waals surface area (Å²) in [6.07, 6.45) is 1.63. The second kappa shape index (κ2) is 7.22. The Balaban J connectivity index is 2.06. The second-order valence-electron chi connectivity index (χ2n) is 4.56. The second-order valence-corrected chi connectivity index (χ2v) is 4.56. The van der Waals surface area contributed by atoms with Gasteiger partial charge < -0.3 is 15.2 Å². The van der Waals surface area contributed by atoms with Gasteiger partial charge in [0.05, 0.1) is 18.8 Å². The van der Waals surface area contributed by atoms with Crippen LogP contribution in [0.25, 0.3) is 0 Å². The van der Waals surface area contributed by atoms with Crippen molar-refractivity contribution in [3.8, 4) is 0 Å². The molecule has 1 saturated heterocycles. The lowest BCUT2D eigenvalue weighted by molar-refractivity contribution is 0.0261. The van der Waals surface area contributed by atoms with Crippen molar-refractivity contribution in [2.45, 2.75) is 32.3 Å². The first-order valence-electron chi connectivity index (χ1n) is 6.43. The lowest BCUT2D eigenvalue weighted by Gasteiger charge is -2.28. The van der Waals surface area contributed by atoms with Crippen LogP contribution in [0.1, 0.15) is 26.7 Å². The van der Waals surface area contributed by atoms with Crippen molar-refractivity contribution in [2.24, 2.45) is 0 Å². The number of rotatable bonds is 7. The van der Waals surface area contributed by atoms with Crippen LogP contribution in [-0.2, 0) is 4.74 Å². The van der Waals surface area contributed by atoms with E-state index in [1.54, 1.807) is 0 Å². The molecule has 1 heterocycles. The van der Waals surface area contributed by atoms with E-state index >= 15 is 0 Å². The van der Waals surface area contributed by atoms with Crippen LogP contribution in [-0.4, -0.2) is 61.5 Å². The van der Waals surface area contributed by atoms with Crippen LogP contribution >= 0.6 is 0 Å². The van der Waals surface area contributed by atoms with Gasteiger partial charge in [0.15, 0.2) is 0 Å². The largest absolute Gasteiger partial charge is 0.389 e. The summed E-state index contributed by atoms with van der Waals surface area (Å²) in [7, 11) is 0. The van der Waals surface area contributed by atoms with Gasteiger partial charge in [-0.05, 0) is 12.8 Å². The average Bonchev–Trinajstić information content (AvgIpc) is 2.36. The van der Waals surface area contributed by atoms with Crippen LogP contribution in [0.2, 0.25) is 0 Å². The number of hydrogen-bond acceptors (Lipinski definition) is 4. The molecule has 0 saturated carbocycles. The number of nitrogens with zero attached hydrogens (tertiary/aromatic N) is 1. The van der Waals surface area contributed by atoms with Gasteiger partial charge in [-0.2, -0.15) is 0 Å². The van der Waals surface area contributed by atoms with E-state index < -0.39 is 5.60 Å². The van der Waals surface area contributed by atoms with Crippen LogP contribution in [0.5, 0.6) is 0 Å². The van der Waals surface area contributed by atoms with Crippen LogP contribution < -0.4 is 5.32 Å². The number of nitrogens with one attached hydrogen (secondary N) is 1. The predicted molar refractivity (Wildman–Crippen MR) is 65.7 cm³/mol.